The van der Waals surface area contributed by atoms with Crippen LogP contribution in [0.1, 0.15) is 34.8 Å². The van der Waals surface area contributed by atoms with Gasteiger partial charge in [0.05, 0.1) is 17.9 Å². The van der Waals surface area contributed by atoms with Crippen molar-refractivity contribution in [2.45, 2.75) is 25.8 Å². The summed E-state index contributed by atoms with van der Waals surface area (Å²) >= 11 is 0. The summed E-state index contributed by atoms with van der Waals surface area (Å²) in [6, 6.07) is 5.74. The number of nitrogens with one attached hydrogen (secondary N) is 2. The number of nitrogens with two attached hydrogens (primary N) is 1. The van der Waals surface area contributed by atoms with Crippen molar-refractivity contribution in [2.75, 3.05) is 24.1 Å². The van der Waals surface area contributed by atoms with Crippen LogP contribution in [0.25, 0.3) is 0 Å². The second-order valence-electron chi connectivity index (χ2n) is 5.72. The van der Waals surface area contributed by atoms with Crippen LogP contribution in [0.4, 0.5) is 11.4 Å². The lowest BCUT2D eigenvalue weighted by Gasteiger charge is -2.22. The van der Waals surface area contributed by atoms with E-state index in [1.807, 2.05) is 23.9 Å². The minimum Gasteiger partial charge on any atom is -0.399 e. The summed E-state index contributed by atoms with van der Waals surface area (Å²) in [4.78, 5) is 12.4. The normalized spacial score (nSPS) is 15.7. The average molecular weight is 299 g/mol. The highest BCUT2D eigenvalue weighted by molar-refractivity contribution is 6.05. The molecule has 1 fully saturated rings. The second kappa shape index (κ2) is 6.19. The van der Waals surface area contributed by atoms with Gasteiger partial charge in [0.1, 0.15) is 0 Å². The maximum Gasteiger partial charge on any atom is 0.256 e. The topological polar surface area (TPSA) is 85.0 Å². The minimum absolute atomic E-state index is 0.158. The van der Waals surface area contributed by atoms with Gasteiger partial charge in [0.15, 0.2) is 0 Å². The molecule has 0 saturated carbocycles. The van der Waals surface area contributed by atoms with E-state index in [9.17, 15) is 4.79 Å². The van der Waals surface area contributed by atoms with Crippen LogP contribution >= 0.6 is 0 Å². The van der Waals surface area contributed by atoms with E-state index in [2.05, 4.69) is 15.7 Å². The van der Waals surface area contributed by atoms with Gasteiger partial charge in [-0.3, -0.25) is 9.48 Å². The Hall–Kier alpha value is -2.34. The highest BCUT2D eigenvalue weighted by Crippen LogP contribution is 2.20. The molecule has 0 radical (unpaired) electrons. The zero-order chi connectivity index (χ0) is 15.5. The molecule has 1 aromatic carbocycles. The molecule has 22 heavy (non-hydrogen) atoms. The van der Waals surface area contributed by atoms with Gasteiger partial charge < -0.3 is 16.4 Å². The summed E-state index contributed by atoms with van der Waals surface area (Å²) in [6.07, 6.45) is 5.71. The van der Waals surface area contributed by atoms with Crippen LogP contribution in [0.3, 0.4) is 0 Å². The van der Waals surface area contributed by atoms with Crippen LogP contribution in [0, 0.1) is 6.92 Å². The molecule has 6 heteroatoms. The fourth-order valence-electron chi connectivity index (χ4n) is 2.76. The van der Waals surface area contributed by atoms with Crippen LogP contribution in [0.2, 0.25) is 0 Å². The van der Waals surface area contributed by atoms with Gasteiger partial charge in [-0.2, -0.15) is 5.10 Å². The van der Waals surface area contributed by atoms with E-state index in [0.717, 1.165) is 31.5 Å². The maximum atomic E-state index is 12.4. The van der Waals surface area contributed by atoms with Crippen molar-refractivity contribution in [3.05, 3.63) is 41.7 Å². The van der Waals surface area contributed by atoms with Crippen LogP contribution < -0.4 is 16.4 Å². The number of aromatic nitrogens is 2. The molecule has 4 N–H and O–H groups in total. The molecule has 0 unspecified atom stereocenters. The Morgan fingerprint density at radius 1 is 1.41 bits per heavy atom. The smallest absolute Gasteiger partial charge is 0.256 e. The zero-order valence-corrected chi connectivity index (χ0v) is 12.7. The van der Waals surface area contributed by atoms with E-state index in [-0.39, 0.29) is 5.91 Å². The fourth-order valence-corrected chi connectivity index (χ4v) is 2.76. The summed E-state index contributed by atoms with van der Waals surface area (Å²) in [5.74, 6) is -0.158. The largest absolute Gasteiger partial charge is 0.399 e. The first-order chi connectivity index (χ1) is 10.6. The molecule has 0 aliphatic carbocycles. The number of aryl methyl sites for hydroxylation is 1. The molecule has 0 spiro atoms. The molecule has 3 rings (SSSR count). The maximum absolute atomic E-state index is 12.4. The van der Waals surface area contributed by atoms with E-state index in [1.54, 1.807) is 18.3 Å². The first-order valence-electron chi connectivity index (χ1n) is 7.56. The lowest BCUT2D eigenvalue weighted by molar-refractivity contribution is 0.102. The van der Waals surface area contributed by atoms with Crippen molar-refractivity contribution in [3.63, 3.8) is 0 Å². The number of hydrogen-bond donors (Lipinski definition) is 3. The fraction of sp³-hybridized carbons (Fsp3) is 0.375. The van der Waals surface area contributed by atoms with Gasteiger partial charge in [-0.05, 0) is 50.6 Å². The molecule has 1 aliphatic heterocycles. The number of rotatable bonds is 3. The van der Waals surface area contributed by atoms with E-state index < -0.39 is 0 Å². The number of piperidine rings is 1. The van der Waals surface area contributed by atoms with E-state index >= 15 is 0 Å². The Balaban J connectivity index is 1.71. The highest BCUT2D eigenvalue weighted by atomic mass is 16.1. The Morgan fingerprint density at radius 3 is 2.95 bits per heavy atom. The highest BCUT2D eigenvalue weighted by Gasteiger charge is 2.17. The van der Waals surface area contributed by atoms with Crippen LogP contribution in [0.15, 0.2) is 30.6 Å². The third-order valence-electron chi connectivity index (χ3n) is 4.05. The average Bonchev–Trinajstić information content (AvgIpc) is 2.99. The van der Waals surface area contributed by atoms with Crippen molar-refractivity contribution < 1.29 is 4.79 Å². The van der Waals surface area contributed by atoms with Gasteiger partial charge in [0.2, 0.25) is 0 Å². The standard InChI is InChI=1S/C16H21N5O/c1-11-2-3-12(17)8-15(11)16(22)20-13-9-19-21(10-13)14-4-6-18-7-5-14/h2-3,8-10,14,18H,4-7,17H2,1H3,(H,20,22). The Kier molecular flexibility index (Phi) is 4.11. The third kappa shape index (κ3) is 3.12. The second-order valence-corrected chi connectivity index (χ2v) is 5.72. The number of anilines is 2. The predicted octanol–water partition coefficient (Wildman–Crippen LogP) is 1.95. The molecular formula is C16H21N5O. The first-order valence-corrected chi connectivity index (χ1v) is 7.56. The lowest BCUT2D eigenvalue weighted by Crippen LogP contribution is -2.29. The minimum atomic E-state index is -0.158. The Labute approximate surface area is 129 Å². The van der Waals surface area contributed by atoms with E-state index in [1.165, 1.54) is 0 Å². The van der Waals surface area contributed by atoms with Crippen LogP contribution in [0.5, 0.6) is 0 Å². The SMILES string of the molecule is Cc1ccc(N)cc1C(=O)Nc1cnn(C2CCNCC2)c1. The van der Waals surface area contributed by atoms with Crippen molar-refractivity contribution >= 4 is 17.3 Å². The number of carbonyl (C=O) groups excluding carboxylic acids is 1. The number of nitrogen functional groups attached to an aromatic ring is 1. The molecular weight excluding hydrogens is 278 g/mol. The van der Waals surface area contributed by atoms with Crippen molar-refractivity contribution in [3.8, 4) is 0 Å². The Bertz CT molecular complexity index is 673. The molecule has 116 valence electrons. The quantitative estimate of drug-likeness (QED) is 0.756. The van der Waals surface area contributed by atoms with Gasteiger partial charge in [0.25, 0.3) is 5.91 Å². The van der Waals surface area contributed by atoms with E-state index in [0.29, 0.717) is 23.0 Å². The third-order valence-corrected chi connectivity index (χ3v) is 4.05. The summed E-state index contributed by atoms with van der Waals surface area (Å²) < 4.78 is 1.95. The first kappa shape index (κ1) is 14.6. The summed E-state index contributed by atoms with van der Waals surface area (Å²) in [6.45, 7) is 3.91. The number of carbonyl (C=O) groups is 1. The summed E-state index contributed by atoms with van der Waals surface area (Å²) in [5, 5.41) is 10.6. The number of hydrogen-bond acceptors (Lipinski definition) is 4. The van der Waals surface area contributed by atoms with Crippen LogP contribution in [-0.2, 0) is 0 Å². The van der Waals surface area contributed by atoms with Crippen molar-refractivity contribution in [1.82, 2.24) is 15.1 Å². The van der Waals surface area contributed by atoms with Crippen LogP contribution in [-0.4, -0.2) is 28.8 Å². The molecule has 1 aliphatic rings. The summed E-state index contributed by atoms with van der Waals surface area (Å²) in [5.41, 5.74) is 8.55. The zero-order valence-electron chi connectivity index (χ0n) is 12.7. The molecule has 1 amide bonds. The van der Waals surface area contributed by atoms with Gasteiger partial charge in [-0.15, -0.1) is 0 Å². The molecule has 0 atom stereocenters. The van der Waals surface area contributed by atoms with Crippen molar-refractivity contribution in [1.29, 1.82) is 0 Å². The van der Waals surface area contributed by atoms with Gasteiger partial charge >= 0.3 is 0 Å². The van der Waals surface area contributed by atoms with Gasteiger partial charge in [-0.1, -0.05) is 6.07 Å². The molecule has 2 aromatic rings. The number of benzene rings is 1. The number of amides is 1. The predicted molar refractivity (Wildman–Crippen MR) is 86.9 cm³/mol. The lowest BCUT2D eigenvalue weighted by atomic mass is 10.1. The number of nitrogens with zero attached hydrogens (tertiary/aromatic N) is 2. The van der Waals surface area contributed by atoms with E-state index in [4.69, 9.17) is 5.73 Å². The molecule has 1 saturated heterocycles. The Morgan fingerprint density at radius 2 is 2.18 bits per heavy atom. The molecule has 1 aromatic heterocycles. The molecule has 6 nitrogen and oxygen atoms in total. The van der Waals surface area contributed by atoms with Crippen molar-refractivity contribution in [2.24, 2.45) is 0 Å². The monoisotopic (exact) mass is 299 g/mol. The summed E-state index contributed by atoms with van der Waals surface area (Å²) in [7, 11) is 0. The molecule has 2 heterocycles. The molecule has 0 bridgehead atoms. The van der Waals surface area contributed by atoms with Gasteiger partial charge in [0, 0.05) is 17.4 Å². The van der Waals surface area contributed by atoms with Gasteiger partial charge in [-0.25, -0.2) is 0 Å².